The topological polar surface area (TPSA) is 21.3 Å². The lowest BCUT2D eigenvalue weighted by atomic mass is 9.86. The molecule has 1 aliphatic rings. The minimum atomic E-state index is -0.165. The van der Waals surface area contributed by atoms with Gasteiger partial charge in [0, 0.05) is 18.6 Å². The van der Waals surface area contributed by atoms with E-state index >= 15 is 0 Å². The van der Waals surface area contributed by atoms with E-state index in [0.29, 0.717) is 5.92 Å². The highest BCUT2D eigenvalue weighted by atomic mass is 19.1. The molecule has 0 spiro atoms. The molecule has 2 rings (SSSR count). The van der Waals surface area contributed by atoms with E-state index in [9.17, 15) is 4.39 Å². The molecule has 0 saturated carbocycles. The summed E-state index contributed by atoms with van der Waals surface area (Å²) in [6.45, 7) is 7.94. The van der Waals surface area contributed by atoms with Crippen molar-refractivity contribution in [1.29, 1.82) is 0 Å². The zero-order valence-electron chi connectivity index (χ0n) is 11.4. The van der Waals surface area contributed by atoms with E-state index in [-0.39, 0.29) is 18.0 Å². The van der Waals surface area contributed by atoms with Gasteiger partial charge in [-0.3, -0.25) is 0 Å². The molecule has 0 radical (unpaired) electrons. The maximum Gasteiger partial charge on any atom is 0.123 e. The third-order valence-electron chi connectivity index (χ3n) is 3.85. The van der Waals surface area contributed by atoms with Gasteiger partial charge in [-0.1, -0.05) is 13.0 Å². The van der Waals surface area contributed by atoms with Gasteiger partial charge in [-0.25, -0.2) is 4.39 Å². The van der Waals surface area contributed by atoms with Crippen molar-refractivity contribution in [3.8, 4) is 0 Å². The number of aryl methyl sites for hydroxylation is 1. The summed E-state index contributed by atoms with van der Waals surface area (Å²) < 4.78 is 18.9. The minimum Gasteiger partial charge on any atom is -0.378 e. The van der Waals surface area contributed by atoms with Crippen LogP contribution < -0.4 is 5.32 Å². The molecule has 100 valence electrons. The summed E-state index contributed by atoms with van der Waals surface area (Å²) in [4.78, 5) is 0. The Morgan fingerprint density at radius 2 is 2.28 bits per heavy atom. The van der Waals surface area contributed by atoms with Crippen molar-refractivity contribution < 1.29 is 9.13 Å². The zero-order valence-corrected chi connectivity index (χ0v) is 11.4. The van der Waals surface area contributed by atoms with E-state index in [1.54, 1.807) is 12.1 Å². The van der Waals surface area contributed by atoms with Crippen LogP contribution in [0.15, 0.2) is 18.2 Å². The molecule has 0 aliphatic carbocycles. The summed E-state index contributed by atoms with van der Waals surface area (Å²) >= 11 is 0. The van der Waals surface area contributed by atoms with E-state index in [2.05, 4.69) is 19.2 Å². The van der Waals surface area contributed by atoms with Crippen LogP contribution in [0.5, 0.6) is 0 Å². The van der Waals surface area contributed by atoms with Crippen LogP contribution in [0, 0.1) is 18.7 Å². The molecule has 0 amide bonds. The second-order valence-electron chi connectivity index (χ2n) is 5.06. The Balaban J connectivity index is 2.28. The first-order valence-corrected chi connectivity index (χ1v) is 6.74. The van der Waals surface area contributed by atoms with Gasteiger partial charge >= 0.3 is 0 Å². The SMILES string of the molecule is CCNC(c1ccc(F)cc1C)C1CCOC1C. The first kappa shape index (κ1) is 13.5. The highest BCUT2D eigenvalue weighted by Gasteiger charge is 2.32. The molecule has 2 nitrogen and oxygen atoms in total. The third kappa shape index (κ3) is 2.73. The molecule has 3 atom stereocenters. The van der Waals surface area contributed by atoms with E-state index in [0.717, 1.165) is 25.1 Å². The zero-order chi connectivity index (χ0) is 13.1. The molecular weight excluding hydrogens is 229 g/mol. The third-order valence-corrected chi connectivity index (χ3v) is 3.85. The van der Waals surface area contributed by atoms with Crippen molar-refractivity contribution in [2.24, 2.45) is 5.92 Å². The predicted octanol–water partition coefficient (Wildman–Crippen LogP) is 3.21. The van der Waals surface area contributed by atoms with Crippen LogP contribution in [0.3, 0.4) is 0 Å². The fourth-order valence-electron chi connectivity index (χ4n) is 2.89. The van der Waals surface area contributed by atoms with Gasteiger partial charge in [-0.05, 0) is 50.1 Å². The van der Waals surface area contributed by atoms with Crippen LogP contribution in [0.4, 0.5) is 4.39 Å². The van der Waals surface area contributed by atoms with Crippen molar-refractivity contribution in [3.63, 3.8) is 0 Å². The summed E-state index contributed by atoms with van der Waals surface area (Å²) in [7, 11) is 0. The first-order valence-electron chi connectivity index (χ1n) is 6.74. The lowest BCUT2D eigenvalue weighted by molar-refractivity contribution is 0.0955. The molecule has 1 N–H and O–H groups in total. The molecule has 0 aromatic heterocycles. The average molecular weight is 251 g/mol. The number of rotatable bonds is 4. The molecule has 3 unspecified atom stereocenters. The van der Waals surface area contributed by atoms with Crippen molar-refractivity contribution in [3.05, 3.63) is 35.1 Å². The fourth-order valence-corrected chi connectivity index (χ4v) is 2.89. The standard InChI is InChI=1S/C15H22FNO/c1-4-17-15(14-7-8-18-11(14)3)13-6-5-12(16)9-10(13)2/h5-6,9,11,14-15,17H,4,7-8H2,1-3H3. The number of benzene rings is 1. The molecule has 1 saturated heterocycles. The van der Waals surface area contributed by atoms with Gasteiger partial charge in [-0.2, -0.15) is 0 Å². The number of halogens is 1. The highest BCUT2D eigenvalue weighted by Crippen LogP contribution is 2.34. The molecule has 1 heterocycles. The van der Waals surface area contributed by atoms with Gasteiger partial charge in [0.15, 0.2) is 0 Å². The molecule has 1 fully saturated rings. The number of nitrogens with one attached hydrogen (secondary N) is 1. The summed E-state index contributed by atoms with van der Waals surface area (Å²) in [5.74, 6) is 0.302. The average Bonchev–Trinajstić information content (AvgIpc) is 2.73. The molecule has 0 bridgehead atoms. The number of ether oxygens (including phenoxy) is 1. The maximum atomic E-state index is 13.2. The van der Waals surface area contributed by atoms with Crippen molar-refractivity contribution in [1.82, 2.24) is 5.32 Å². The molecule has 3 heteroatoms. The summed E-state index contributed by atoms with van der Waals surface area (Å²) in [6.07, 6.45) is 1.33. The van der Waals surface area contributed by atoms with Crippen molar-refractivity contribution in [2.45, 2.75) is 39.3 Å². The summed E-state index contributed by atoms with van der Waals surface area (Å²) in [5.41, 5.74) is 2.21. The number of hydrogen-bond acceptors (Lipinski definition) is 2. The van der Waals surface area contributed by atoms with Gasteiger partial charge in [-0.15, -0.1) is 0 Å². The quantitative estimate of drug-likeness (QED) is 0.887. The van der Waals surface area contributed by atoms with Gasteiger partial charge in [0.25, 0.3) is 0 Å². The first-order chi connectivity index (χ1) is 8.63. The Kier molecular flexibility index (Phi) is 4.36. The van der Waals surface area contributed by atoms with Crippen LogP contribution in [0.25, 0.3) is 0 Å². The number of hydrogen-bond donors (Lipinski definition) is 1. The lowest BCUT2D eigenvalue weighted by Gasteiger charge is -2.28. The summed E-state index contributed by atoms with van der Waals surface area (Å²) in [6, 6.07) is 5.32. The Morgan fingerprint density at radius 3 is 2.83 bits per heavy atom. The second-order valence-corrected chi connectivity index (χ2v) is 5.06. The maximum absolute atomic E-state index is 13.2. The van der Waals surface area contributed by atoms with Crippen LogP contribution in [0.2, 0.25) is 0 Å². The van der Waals surface area contributed by atoms with Crippen LogP contribution >= 0.6 is 0 Å². The smallest absolute Gasteiger partial charge is 0.123 e. The minimum absolute atomic E-state index is 0.165. The van der Waals surface area contributed by atoms with E-state index in [4.69, 9.17) is 4.74 Å². The van der Waals surface area contributed by atoms with Crippen LogP contribution in [-0.2, 0) is 4.74 Å². The lowest BCUT2D eigenvalue weighted by Crippen LogP contribution is -2.32. The van der Waals surface area contributed by atoms with Crippen LogP contribution in [0.1, 0.15) is 37.4 Å². The monoisotopic (exact) mass is 251 g/mol. The summed E-state index contributed by atoms with van der Waals surface area (Å²) in [5, 5.41) is 3.53. The van der Waals surface area contributed by atoms with E-state index in [1.165, 1.54) is 5.56 Å². The highest BCUT2D eigenvalue weighted by molar-refractivity contribution is 5.30. The van der Waals surface area contributed by atoms with Crippen LogP contribution in [-0.4, -0.2) is 19.3 Å². The van der Waals surface area contributed by atoms with E-state index < -0.39 is 0 Å². The molecular formula is C15H22FNO. The Morgan fingerprint density at radius 1 is 1.50 bits per heavy atom. The van der Waals surface area contributed by atoms with Gasteiger partial charge < -0.3 is 10.1 Å². The normalized spacial score (nSPS) is 25.3. The van der Waals surface area contributed by atoms with Crippen molar-refractivity contribution in [2.75, 3.05) is 13.2 Å². The fraction of sp³-hybridized carbons (Fsp3) is 0.600. The van der Waals surface area contributed by atoms with Gasteiger partial charge in [0.1, 0.15) is 5.82 Å². The largest absolute Gasteiger partial charge is 0.378 e. The Hall–Kier alpha value is -0.930. The molecule has 1 aromatic rings. The predicted molar refractivity (Wildman–Crippen MR) is 71.1 cm³/mol. The molecule has 18 heavy (non-hydrogen) atoms. The molecule has 1 aliphatic heterocycles. The van der Waals surface area contributed by atoms with Crippen molar-refractivity contribution >= 4 is 0 Å². The molecule has 1 aromatic carbocycles. The Labute approximate surface area is 109 Å². The second kappa shape index (κ2) is 5.81. The van der Waals surface area contributed by atoms with Gasteiger partial charge in [0.2, 0.25) is 0 Å². The van der Waals surface area contributed by atoms with E-state index in [1.807, 2.05) is 13.0 Å². The van der Waals surface area contributed by atoms with Gasteiger partial charge in [0.05, 0.1) is 6.10 Å². The Bertz CT molecular complexity index is 407.